The third kappa shape index (κ3) is 4.00. The van der Waals surface area contributed by atoms with E-state index in [9.17, 15) is 9.59 Å². The summed E-state index contributed by atoms with van der Waals surface area (Å²) in [5, 5.41) is 0. The Balaban J connectivity index is 2.32. The summed E-state index contributed by atoms with van der Waals surface area (Å²) < 4.78 is 10.2. The highest BCUT2D eigenvalue weighted by molar-refractivity contribution is 5.88. The Hall–Kier alpha value is -2.11. The molecule has 126 valence electrons. The van der Waals surface area contributed by atoms with Gasteiger partial charge in [0.2, 0.25) is 0 Å². The maximum absolute atomic E-state index is 12.4. The Labute approximate surface area is 136 Å². The second kappa shape index (κ2) is 6.56. The van der Waals surface area contributed by atoms with E-state index in [1.165, 1.54) is 7.11 Å². The molecule has 1 atom stereocenters. The molecule has 0 aromatic carbocycles. The van der Waals surface area contributed by atoms with Crippen molar-refractivity contribution in [3.05, 3.63) is 23.4 Å². The van der Waals surface area contributed by atoms with Crippen molar-refractivity contribution in [2.24, 2.45) is 0 Å². The van der Waals surface area contributed by atoms with E-state index in [0.29, 0.717) is 18.1 Å². The molecule has 1 aliphatic heterocycles. The highest BCUT2D eigenvalue weighted by Crippen LogP contribution is 2.29. The Kier molecular flexibility index (Phi) is 4.92. The quantitative estimate of drug-likeness (QED) is 0.783. The van der Waals surface area contributed by atoms with Crippen LogP contribution < -0.4 is 4.90 Å². The first-order valence-corrected chi connectivity index (χ1v) is 7.81. The van der Waals surface area contributed by atoms with Gasteiger partial charge in [-0.05, 0) is 52.2 Å². The van der Waals surface area contributed by atoms with Gasteiger partial charge in [-0.3, -0.25) is 9.69 Å². The highest BCUT2D eigenvalue weighted by atomic mass is 16.6. The van der Waals surface area contributed by atoms with E-state index < -0.39 is 17.6 Å². The second-order valence-corrected chi connectivity index (χ2v) is 6.70. The van der Waals surface area contributed by atoms with Crippen LogP contribution in [0.1, 0.15) is 51.3 Å². The number of esters is 1. The lowest BCUT2D eigenvalue weighted by Crippen LogP contribution is -2.40. The molecule has 0 saturated carbocycles. The molecule has 0 radical (unpaired) electrons. The zero-order valence-electron chi connectivity index (χ0n) is 14.4. The van der Waals surface area contributed by atoms with Crippen molar-refractivity contribution in [1.29, 1.82) is 0 Å². The monoisotopic (exact) mass is 320 g/mol. The van der Waals surface area contributed by atoms with Gasteiger partial charge in [-0.1, -0.05) is 6.07 Å². The van der Waals surface area contributed by atoms with Gasteiger partial charge in [0, 0.05) is 6.54 Å². The lowest BCUT2D eigenvalue weighted by Gasteiger charge is -2.31. The van der Waals surface area contributed by atoms with Crippen molar-refractivity contribution in [3.8, 4) is 0 Å². The van der Waals surface area contributed by atoms with Crippen molar-refractivity contribution in [2.45, 2.75) is 52.1 Å². The molecule has 2 heterocycles. The number of methoxy groups -OCH3 is 1. The van der Waals surface area contributed by atoms with Gasteiger partial charge < -0.3 is 9.47 Å². The molecule has 1 amide bonds. The number of pyridine rings is 1. The van der Waals surface area contributed by atoms with Crippen LogP contribution in [-0.2, 0) is 20.7 Å². The minimum Gasteiger partial charge on any atom is -0.469 e. The fraction of sp³-hybridized carbons (Fsp3) is 0.588. The average Bonchev–Trinajstić information content (AvgIpc) is 2.50. The molecule has 1 aromatic rings. The number of amides is 1. The third-order valence-corrected chi connectivity index (χ3v) is 3.67. The van der Waals surface area contributed by atoms with Crippen molar-refractivity contribution >= 4 is 17.9 Å². The Morgan fingerprint density at radius 3 is 2.61 bits per heavy atom. The lowest BCUT2D eigenvalue weighted by atomic mass is 10.0. The van der Waals surface area contributed by atoms with Gasteiger partial charge in [0.05, 0.1) is 18.7 Å². The van der Waals surface area contributed by atoms with E-state index in [1.807, 2.05) is 32.9 Å². The van der Waals surface area contributed by atoms with Gasteiger partial charge in [-0.2, -0.15) is 0 Å². The summed E-state index contributed by atoms with van der Waals surface area (Å²) in [6.45, 7) is 7.79. The summed E-state index contributed by atoms with van der Waals surface area (Å²) in [5.74, 6) is -0.247. The van der Waals surface area contributed by atoms with Gasteiger partial charge in [-0.25, -0.2) is 9.78 Å². The number of carbonyl (C=O) groups excluding carboxylic acids is 2. The van der Waals surface area contributed by atoms with E-state index >= 15 is 0 Å². The van der Waals surface area contributed by atoms with E-state index in [-0.39, 0.29) is 5.97 Å². The zero-order chi connectivity index (χ0) is 17.2. The number of fused-ring (bicyclic) bond motifs is 1. The minimum absolute atomic E-state index is 0.350. The van der Waals surface area contributed by atoms with E-state index in [2.05, 4.69) is 4.98 Å². The Morgan fingerprint density at radius 1 is 1.30 bits per heavy atom. The van der Waals surface area contributed by atoms with E-state index in [1.54, 1.807) is 11.8 Å². The van der Waals surface area contributed by atoms with Crippen LogP contribution >= 0.6 is 0 Å². The van der Waals surface area contributed by atoms with Crippen molar-refractivity contribution < 1.29 is 19.1 Å². The van der Waals surface area contributed by atoms with Crippen molar-refractivity contribution in [2.75, 3.05) is 18.6 Å². The molecule has 0 bridgehead atoms. The van der Waals surface area contributed by atoms with Gasteiger partial charge in [0.25, 0.3) is 0 Å². The van der Waals surface area contributed by atoms with Crippen molar-refractivity contribution in [3.63, 3.8) is 0 Å². The topological polar surface area (TPSA) is 68.7 Å². The van der Waals surface area contributed by atoms with Crippen LogP contribution in [0.25, 0.3) is 0 Å². The number of carbonyl (C=O) groups is 2. The van der Waals surface area contributed by atoms with E-state index in [0.717, 1.165) is 18.4 Å². The summed E-state index contributed by atoms with van der Waals surface area (Å²) in [5.41, 5.74) is 1.01. The third-order valence-electron chi connectivity index (χ3n) is 3.67. The Morgan fingerprint density at radius 2 is 2.00 bits per heavy atom. The Bertz CT molecular complexity index is 607. The average molecular weight is 320 g/mol. The van der Waals surface area contributed by atoms with Gasteiger partial charge in [0.15, 0.2) is 0 Å². The molecule has 0 spiro atoms. The predicted molar refractivity (Wildman–Crippen MR) is 86.6 cm³/mol. The smallest absolute Gasteiger partial charge is 0.416 e. The maximum Gasteiger partial charge on any atom is 0.416 e. The number of hydrogen-bond donors (Lipinski definition) is 0. The summed E-state index contributed by atoms with van der Waals surface area (Å²) in [6.07, 6.45) is 1.31. The fourth-order valence-corrected chi connectivity index (χ4v) is 2.49. The molecule has 1 aliphatic rings. The molecule has 0 saturated heterocycles. The molecule has 0 unspecified atom stereocenters. The second-order valence-electron chi connectivity index (χ2n) is 6.70. The summed E-state index contributed by atoms with van der Waals surface area (Å²) in [4.78, 5) is 30.2. The number of nitrogens with zero attached hydrogens (tertiary/aromatic N) is 2. The van der Waals surface area contributed by atoms with Crippen LogP contribution in [0.5, 0.6) is 0 Å². The number of ether oxygens (including phenoxy) is 2. The standard InChI is InChI=1S/C17H24N2O4/c1-11(15(20)22-5)13-9-8-12-7-6-10-19(14(12)18-13)16(21)23-17(2,3)4/h8-9,11H,6-7,10H2,1-5H3/t11-/m0/s1. The number of aromatic nitrogens is 1. The van der Waals surface area contributed by atoms with Crippen molar-refractivity contribution in [1.82, 2.24) is 4.98 Å². The molecular formula is C17H24N2O4. The highest BCUT2D eigenvalue weighted by Gasteiger charge is 2.29. The molecule has 1 aromatic heterocycles. The first-order chi connectivity index (χ1) is 10.7. The molecule has 0 fully saturated rings. The van der Waals surface area contributed by atoms with Crippen LogP contribution in [-0.4, -0.2) is 36.3 Å². The molecule has 23 heavy (non-hydrogen) atoms. The summed E-state index contributed by atoms with van der Waals surface area (Å²) in [6, 6.07) is 3.74. The predicted octanol–water partition coefficient (Wildman–Crippen LogP) is 3.05. The SMILES string of the molecule is COC(=O)[C@@H](C)c1ccc2c(n1)N(C(=O)OC(C)(C)C)CCC2. The van der Waals surface area contributed by atoms with E-state index in [4.69, 9.17) is 9.47 Å². The zero-order valence-corrected chi connectivity index (χ0v) is 14.4. The summed E-state index contributed by atoms with van der Waals surface area (Å²) in [7, 11) is 1.35. The van der Waals surface area contributed by atoms with Crippen LogP contribution in [0, 0.1) is 0 Å². The first-order valence-electron chi connectivity index (χ1n) is 7.81. The molecule has 0 N–H and O–H groups in total. The molecular weight excluding hydrogens is 296 g/mol. The number of rotatable bonds is 2. The number of aryl methyl sites for hydroxylation is 1. The fourth-order valence-electron chi connectivity index (χ4n) is 2.49. The van der Waals surface area contributed by atoms with Crippen LogP contribution in [0.15, 0.2) is 12.1 Å². The van der Waals surface area contributed by atoms with Crippen LogP contribution in [0.3, 0.4) is 0 Å². The normalized spacial score (nSPS) is 15.6. The first kappa shape index (κ1) is 17.2. The maximum atomic E-state index is 12.4. The molecule has 0 aliphatic carbocycles. The molecule has 6 nitrogen and oxygen atoms in total. The van der Waals surface area contributed by atoms with Crippen LogP contribution in [0.4, 0.5) is 10.6 Å². The molecule has 6 heteroatoms. The van der Waals surface area contributed by atoms with Gasteiger partial charge in [0.1, 0.15) is 11.4 Å². The number of anilines is 1. The lowest BCUT2D eigenvalue weighted by molar-refractivity contribution is -0.142. The van der Waals surface area contributed by atoms with Gasteiger partial charge in [-0.15, -0.1) is 0 Å². The van der Waals surface area contributed by atoms with Gasteiger partial charge >= 0.3 is 12.1 Å². The largest absolute Gasteiger partial charge is 0.469 e. The molecule has 2 rings (SSSR count). The minimum atomic E-state index is -0.564. The summed E-state index contributed by atoms with van der Waals surface area (Å²) >= 11 is 0. The number of hydrogen-bond acceptors (Lipinski definition) is 5. The van der Waals surface area contributed by atoms with Crippen LogP contribution in [0.2, 0.25) is 0 Å².